The largest absolute Gasteiger partial charge is 0.330 e. The fourth-order valence-electron chi connectivity index (χ4n) is 2.62. The topological polar surface area (TPSA) is 32.5 Å². The average molecular weight is 247 g/mol. The molecule has 1 aromatic carbocycles. The lowest BCUT2D eigenvalue weighted by molar-refractivity contribution is 0.131. The lowest BCUT2D eigenvalue weighted by Crippen LogP contribution is -2.45. The van der Waals surface area contributed by atoms with Crippen molar-refractivity contribution in [3.05, 3.63) is 35.4 Å². The van der Waals surface area contributed by atoms with Crippen molar-refractivity contribution in [2.45, 2.75) is 19.9 Å². The number of nitrogens with zero attached hydrogens (tertiary/aromatic N) is 2. The Bertz CT molecular complexity index is 357. The normalized spacial score (nSPS) is 18.1. The van der Waals surface area contributed by atoms with Gasteiger partial charge in [0.1, 0.15) is 0 Å². The van der Waals surface area contributed by atoms with Crippen molar-refractivity contribution < 1.29 is 0 Å². The molecule has 18 heavy (non-hydrogen) atoms. The summed E-state index contributed by atoms with van der Waals surface area (Å²) in [7, 11) is 0. The standard InChI is InChI=1S/C15H25N3/c1-2-17-9-11-18(12-10-17)13-15-6-4-3-5-14(15)7-8-16/h3-6H,2,7-13,16H2,1H3. The minimum atomic E-state index is 0.737. The summed E-state index contributed by atoms with van der Waals surface area (Å²) in [5.74, 6) is 0. The van der Waals surface area contributed by atoms with Crippen molar-refractivity contribution >= 4 is 0 Å². The van der Waals surface area contributed by atoms with Crippen LogP contribution in [0.2, 0.25) is 0 Å². The number of hydrogen-bond donors (Lipinski definition) is 1. The van der Waals surface area contributed by atoms with Crippen LogP contribution in [0.5, 0.6) is 0 Å². The molecule has 0 saturated carbocycles. The molecular weight excluding hydrogens is 222 g/mol. The molecule has 1 aliphatic heterocycles. The third kappa shape index (κ3) is 3.55. The van der Waals surface area contributed by atoms with E-state index in [9.17, 15) is 0 Å². The van der Waals surface area contributed by atoms with Gasteiger partial charge in [0.05, 0.1) is 0 Å². The summed E-state index contributed by atoms with van der Waals surface area (Å²) in [4.78, 5) is 5.07. The zero-order valence-electron chi connectivity index (χ0n) is 11.4. The first-order valence-electron chi connectivity index (χ1n) is 7.05. The van der Waals surface area contributed by atoms with Crippen molar-refractivity contribution in [2.75, 3.05) is 39.3 Å². The molecule has 100 valence electrons. The highest BCUT2D eigenvalue weighted by atomic mass is 15.3. The number of benzene rings is 1. The summed E-state index contributed by atoms with van der Waals surface area (Å²) in [5.41, 5.74) is 8.55. The maximum atomic E-state index is 5.68. The van der Waals surface area contributed by atoms with E-state index >= 15 is 0 Å². The SMILES string of the molecule is CCN1CCN(Cc2ccccc2CCN)CC1. The molecule has 0 atom stereocenters. The molecule has 1 aromatic rings. The molecule has 1 aliphatic rings. The zero-order chi connectivity index (χ0) is 12.8. The van der Waals surface area contributed by atoms with Crippen molar-refractivity contribution in [3.8, 4) is 0 Å². The summed E-state index contributed by atoms with van der Waals surface area (Å²) in [6.45, 7) is 10.0. The van der Waals surface area contributed by atoms with Crippen LogP contribution in [0, 0.1) is 0 Å². The summed E-state index contributed by atoms with van der Waals surface area (Å²) in [6, 6.07) is 8.71. The van der Waals surface area contributed by atoms with Crippen LogP contribution in [0.25, 0.3) is 0 Å². The van der Waals surface area contributed by atoms with Crippen LogP contribution in [0.3, 0.4) is 0 Å². The summed E-state index contributed by atoms with van der Waals surface area (Å²) >= 11 is 0. The lowest BCUT2D eigenvalue weighted by atomic mass is 10.0. The molecule has 1 heterocycles. The van der Waals surface area contributed by atoms with Gasteiger partial charge in [-0.25, -0.2) is 0 Å². The summed E-state index contributed by atoms with van der Waals surface area (Å²) in [5, 5.41) is 0. The molecule has 0 aliphatic carbocycles. The predicted octanol–water partition coefficient (Wildman–Crippen LogP) is 1.33. The van der Waals surface area contributed by atoms with E-state index in [-0.39, 0.29) is 0 Å². The first-order chi connectivity index (χ1) is 8.83. The maximum absolute atomic E-state index is 5.68. The monoisotopic (exact) mass is 247 g/mol. The smallest absolute Gasteiger partial charge is 0.0237 e. The quantitative estimate of drug-likeness (QED) is 0.852. The van der Waals surface area contributed by atoms with Crippen molar-refractivity contribution in [1.29, 1.82) is 0 Å². The van der Waals surface area contributed by atoms with Gasteiger partial charge in [-0.15, -0.1) is 0 Å². The van der Waals surface area contributed by atoms with Crippen LogP contribution in [-0.4, -0.2) is 49.1 Å². The minimum Gasteiger partial charge on any atom is -0.330 e. The number of nitrogens with two attached hydrogens (primary N) is 1. The van der Waals surface area contributed by atoms with E-state index in [4.69, 9.17) is 5.73 Å². The van der Waals surface area contributed by atoms with Gasteiger partial charge in [-0.3, -0.25) is 4.90 Å². The van der Waals surface area contributed by atoms with Gasteiger partial charge >= 0.3 is 0 Å². The van der Waals surface area contributed by atoms with Crippen LogP contribution in [0.1, 0.15) is 18.1 Å². The Hall–Kier alpha value is -0.900. The van der Waals surface area contributed by atoms with Crippen LogP contribution >= 0.6 is 0 Å². The Morgan fingerprint density at radius 1 is 1.00 bits per heavy atom. The van der Waals surface area contributed by atoms with E-state index in [2.05, 4.69) is 41.0 Å². The van der Waals surface area contributed by atoms with Gasteiger partial charge in [0.25, 0.3) is 0 Å². The Morgan fingerprint density at radius 3 is 2.22 bits per heavy atom. The summed E-state index contributed by atoms with van der Waals surface area (Å²) < 4.78 is 0. The van der Waals surface area contributed by atoms with E-state index in [1.807, 2.05) is 0 Å². The minimum absolute atomic E-state index is 0.737. The Balaban J connectivity index is 1.93. The van der Waals surface area contributed by atoms with Gasteiger partial charge in [-0.2, -0.15) is 0 Å². The molecule has 2 rings (SSSR count). The number of rotatable bonds is 5. The molecule has 0 aromatic heterocycles. The highest BCUT2D eigenvalue weighted by Crippen LogP contribution is 2.13. The molecule has 1 fully saturated rings. The molecule has 3 nitrogen and oxygen atoms in total. The molecule has 0 amide bonds. The van der Waals surface area contributed by atoms with Gasteiger partial charge in [0, 0.05) is 32.7 Å². The fourth-order valence-corrected chi connectivity index (χ4v) is 2.62. The van der Waals surface area contributed by atoms with Crippen molar-refractivity contribution in [3.63, 3.8) is 0 Å². The second-order valence-electron chi connectivity index (χ2n) is 5.02. The van der Waals surface area contributed by atoms with Gasteiger partial charge in [0.2, 0.25) is 0 Å². The predicted molar refractivity (Wildman–Crippen MR) is 76.6 cm³/mol. The number of likely N-dealkylation sites (N-methyl/N-ethyl adjacent to an activating group) is 1. The average Bonchev–Trinajstić information content (AvgIpc) is 2.42. The van der Waals surface area contributed by atoms with Crippen molar-refractivity contribution in [2.24, 2.45) is 5.73 Å². The van der Waals surface area contributed by atoms with Gasteiger partial charge in [-0.1, -0.05) is 31.2 Å². The Morgan fingerprint density at radius 2 is 1.61 bits per heavy atom. The number of piperazine rings is 1. The third-order valence-electron chi connectivity index (χ3n) is 3.84. The zero-order valence-corrected chi connectivity index (χ0v) is 11.4. The first-order valence-corrected chi connectivity index (χ1v) is 7.05. The fraction of sp³-hybridized carbons (Fsp3) is 0.600. The van der Waals surface area contributed by atoms with Crippen LogP contribution in [0.15, 0.2) is 24.3 Å². The van der Waals surface area contributed by atoms with Crippen LogP contribution in [0.4, 0.5) is 0 Å². The van der Waals surface area contributed by atoms with Crippen LogP contribution in [-0.2, 0) is 13.0 Å². The Labute approximate surface area is 111 Å². The molecule has 0 bridgehead atoms. The molecule has 3 heteroatoms. The third-order valence-corrected chi connectivity index (χ3v) is 3.84. The van der Waals surface area contributed by atoms with Crippen LogP contribution < -0.4 is 5.73 Å². The first kappa shape index (κ1) is 13.5. The highest BCUT2D eigenvalue weighted by molar-refractivity contribution is 5.27. The van der Waals surface area contributed by atoms with Gasteiger partial charge < -0.3 is 10.6 Å². The molecule has 0 unspecified atom stereocenters. The van der Waals surface area contributed by atoms with E-state index in [1.165, 1.54) is 43.9 Å². The lowest BCUT2D eigenvalue weighted by Gasteiger charge is -2.34. The van der Waals surface area contributed by atoms with E-state index in [0.29, 0.717) is 0 Å². The van der Waals surface area contributed by atoms with E-state index in [0.717, 1.165) is 19.5 Å². The summed E-state index contributed by atoms with van der Waals surface area (Å²) in [6.07, 6.45) is 0.991. The maximum Gasteiger partial charge on any atom is 0.0237 e. The molecule has 2 N–H and O–H groups in total. The highest BCUT2D eigenvalue weighted by Gasteiger charge is 2.16. The molecule has 0 radical (unpaired) electrons. The Kier molecular flexibility index (Phi) is 5.17. The van der Waals surface area contributed by atoms with Gasteiger partial charge in [-0.05, 0) is 30.6 Å². The van der Waals surface area contributed by atoms with E-state index < -0.39 is 0 Å². The van der Waals surface area contributed by atoms with Crippen molar-refractivity contribution in [1.82, 2.24) is 9.80 Å². The second kappa shape index (κ2) is 6.88. The number of hydrogen-bond acceptors (Lipinski definition) is 3. The van der Waals surface area contributed by atoms with E-state index in [1.54, 1.807) is 0 Å². The molecule has 0 spiro atoms. The molecule has 1 saturated heterocycles. The second-order valence-corrected chi connectivity index (χ2v) is 5.02. The van der Waals surface area contributed by atoms with Gasteiger partial charge in [0.15, 0.2) is 0 Å². The molecular formula is C15H25N3.